The Bertz CT molecular complexity index is 665. The van der Waals surface area contributed by atoms with Crippen molar-refractivity contribution in [1.82, 2.24) is 15.2 Å². The number of para-hydroxylation sites is 1. The van der Waals surface area contributed by atoms with Crippen molar-refractivity contribution in [2.24, 2.45) is 0 Å². The number of fused-ring (bicyclic) bond motifs is 1. The predicted octanol–water partition coefficient (Wildman–Crippen LogP) is 2.43. The standard InChI is InChI=1S/C15H18N4O2/c1-8(2)13-16-15(19-18-13)17-14(20)12-9(3)10-6-4-5-7-11(10)21-12/h4-9,12H,1-3H3,(H2,16,17,18,19,20). The molecule has 1 aromatic carbocycles. The first-order valence-electron chi connectivity index (χ1n) is 7.05. The molecule has 1 aromatic heterocycles. The summed E-state index contributed by atoms with van der Waals surface area (Å²) >= 11 is 0. The van der Waals surface area contributed by atoms with Gasteiger partial charge in [-0.05, 0) is 6.07 Å². The third kappa shape index (κ3) is 2.49. The number of H-pyrrole nitrogens is 1. The third-order valence-corrected chi connectivity index (χ3v) is 3.66. The average molecular weight is 286 g/mol. The molecule has 6 heteroatoms. The number of ether oxygens (including phenoxy) is 1. The summed E-state index contributed by atoms with van der Waals surface area (Å²) in [5.41, 5.74) is 1.05. The molecular formula is C15H18N4O2. The second kappa shape index (κ2) is 5.20. The van der Waals surface area contributed by atoms with Crippen molar-refractivity contribution in [3.05, 3.63) is 35.7 Å². The second-order valence-corrected chi connectivity index (χ2v) is 5.55. The topological polar surface area (TPSA) is 79.9 Å². The number of hydrogen-bond acceptors (Lipinski definition) is 4. The number of rotatable bonds is 3. The molecule has 0 fully saturated rings. The number of nitrogens with one attached hydrogen (secondary N) is 2. The summed E-state index contributed by atoms with van der Waals surface area (Å²) < 4.78 is 5.73. The zero-order valence-electron chi connectivity index (χ0n) is 12.3. The molecule has 2 heterocycles. The van der Waals surface area contributed by atoms with Gasteiger partial charge in [-0.1, -0.05) is 39.0 Å². The summed E-state index contributed by atoms with van der Waals surface area (Å²) in [6, 6.07) is 7.71. The van der Waals surface area contributed by atoms with Gasteiger partial charge in [-0.15, -0.1) is 5.10 Å². The van der Waals surface area contributed by atoms with Crippen molar-refractivity contribution < 1.29 is 9.53 Å². The molecule has 110 valence electrons. The van der Waals surface area contributed by atoms with Crippen LogP contribution in [0.15, 0.2) is 24.3 Å². The molecule has 0 saturated carbocycles. The van der Waals surface area contributed by atoms with Gasteiger partial charge in [0.05, 0.1) is 0 Å². The molecular weight excluding hydrogens is 268 g/mol. The van der Waals surface area contributed by atoms with Crippen molar-refractivity contribution in [1.29, 1.82) is 0 Å². The van der Waals surface area contributed by atoms with Gasteiger partial charge < -0.3 is 4.74 Å². The van der Waals surface area contributed by atoms with Crippen LogP contribution in [-0.2, 0) is 4.79 Å². The maximum absolute atomic E-state index is 12.3. The molecule has 2 atom stereocenters. The Kier molecular flexibility index (Phi) is 3.37. The van der Waals surface area contributed by atoms with Crippen LogP contribution in [0.3, 0.4) is 0 Å². The quantitative estimate of drug-likeness (QED) is 0.908. The van der Waals surface area contributed by atoms with Crippen LogP contribution in [0.5, 0.6) is 5.75 Å². The molecule has 21 heavy (non-hydrogen) atoms. The van der Waals surface area contributed by atoms with Crippen LogP contribution in [0.1, 0.15) is 44.0 Å². The lowest BCUT2D eigenvalue weighted by Gasteiger charge is -2.13. The van der Waals surface area contributed by atoms with Crippen LogP contribution in [0.2, 0.25) is 0 Å². The van der Waals surface area contributed by atoms with E-state index in [1.54, 1.807) is 0 Å². The number of benzene rings is 1. The minimum Gasteiger partial charge on any atom is -0.480 e. The van der Waals surface area contributed by atoms with E-state index in [4.69, 9.17) is 4.74 Å². The normalized spacial score (nSPS) is 20.2. The highest BCUT2D eigenvalue weighted by molar-refractivity contribution is 5.94. The largest absolute Gasteiger partial charge is 0.480 e. The van der Waals surface area contributed by atoms with Crippen LogP contribution < -0.4 is 10.1 Å². The fourth-order valence-electron chi connectivity index (χ4n) is 2.42. The predicted molar refractivity (Wildman–Crippen MR) is 78.4 cm³/mol. The fourth-order valence-corrected chi connectivity index (χ4v) is 2.42. The summed E-state index contributed by atoms with van der Waals surface area (Å²) in [5.74, 6) is 1.80. The molecule has 6 nitrogen and oxygen atoms in total. The van der Waals surface area contributed by atoms with Gasteiger partial charge in [-0.25, -0.2) is 0 Å². The number of carbonyl (C=O) groups is 1. The van der Waals surface area contributed by atoms with E-state index in [1.165, 1.54) is 0 Å². The van der Waals surface area contributed by atoms with E-state index < -0.39 is 6.10 Å². The molecule has 1 aliphatic rings. The van der Waals surface area contributed by atoms with Gasteiger partial charge >= 0.3 is 0 Å². The number of amides is 1. The van der Waals surface area contributed by atoms with Crippen molar-refractivity contribution in [2.75, 3.05) is 5.32 Å². The fraction of sp³-hybridized carbons (Fsp3) is 0.400. The van der Waals surface area contributed by atoms with Crippen molar-refractivity contribution in [3.63, 3.8) is 0 Å². The van der Waals surface area contributed by atoms with Crippen LogP contribution >= 0.6 is 0 Å². The number of aromatic amines is 1. The number of aromatic nitrogens is 3. The highest BCUT2D eigenvalue weighted by atomic mass is 16.5. The van der Waals surface area contributed by atoms with Gasteiger partial charge in [0, 0.05) is 17.4 Å². The van der Waals surface area contributed by atoms with Crippen molar-refractivity contribution in [2.45, 2.75) is 38.7 Å². The lowest BCUT2D eigenvalue weighted by Crippen LogP contribution is -2.33. The first-order valence-corrected chi connectivity index (χ1v) is 7.05. The van der Waals surface area contributed by atoms with Gasteiger partial charge in [0.1, 0.15) is 11.6 Å². The van der Waals surface area contributed by atoms with Crippen LogP contribution in [0.4, 0.5) is 5.95 Å². The number of nitrogens with zero attached hydrogens (tertiary/aromatic N) is 2. The first kappa shape index (κ1) is 13.6. The molecule has 2 N–H and O–H groups in total. The SMILES string of the molecule is CC(C)c1nc(NC(=O)C2Oc3ccccc3C2C)n[nH]1. The molecule has 2 aromatic rings. The maximum atomic E-state index is 12.3. The molecule has 1 aliphatic heterocycles. The summed E-state index contributed by atoms with van der Waals surface area (Å²) in [4.78, 5) is 16.6. The summed E-state index contributed by atoms with van der Waals surface area (Å²) in [6.07, 6.45) is -0.552. The van der Waals surface area contributed by atoms with E-state index in [-0.39, 0.29) is 23.7 Å². The molecule has 0 bridgehead atoms. The third-order valence-electron chi connectivity index (χ3n) is 3.66. The Balaban J connectivity index is 1.72. The Labute approximate surface area is 122 Å². The molecule has 0 radical (unpaired) electrons. The Morgan fingerprint density at radius 1 is 1.38 bits per heavy atom. The highest BCUT2D eigenvalue weighted by Gasteiger charge is 2.36. The number of carbonyl (C=O) groups excluding carboxylic acids is 1. The Hall–Kier alpha value is -2.37. The molecule has 0 saturated heterocycles. The monoisotopic (exact) mass is 286 g/mol. The van der Waals surface area contributed by atoms with E-state index in [9.17, 15) is 4.79 Å². The zero-order valence-corrected chi connectivity index (χ0v) is 12.3. The maximum Gasteiger partial charge on any atom is 0.268 e. The lowest BCUT2D eigenvalue weighted by molar-refractivity contribution is -0.122. The van der Waals surface area contributed by atoms with Crippen LogP contribution in [-0.4, -0.2) is 27.2 Å². The smallest absolute Gasteiger partial charge is 0.268 e. The molecule has 0 spiro atoms. The first-order chi connectivity index (χ1) is 10.1. The lowest BCUT2D eigenvalue weighted by atomic mass is 9.97. The highest BCUT2D eigenvalue weighted by Crippen LogP contribution is 2.37. The Morgan fingerprint density at radius 2 is 2.14 bits per heavy atom. The van der Waals surface area contributed by atoms with E-state index in [0.717, 1.165) is 17.1 Å². The van der Waals surface area contributed by atoms with Gasteiger partial charge in [0.25, 0.3) is 5.91 Å². The minimum atomic E-state index is -0.552. The van der Waals surface area contributed by atoms with Crippen molar-refractivity contribution in [3.8, 4) is 5.75 Å². The van der Waals surface area contributed by atoms with E-state index >= 15 is 0 Å². The van der Waals surface area contributed by atoms with Crippen LogP contribution in [0, 0.1) is 0 Å². The number of anilines is 1. The van der Waals surface area contributed by atoms with Crippen LogP contribution in [0.25, 0.3) is 0 Å². The zero-order chi connectivity index (χ0) is 15.0. The molecule has 0 aliphatic carbocycles. The summed E-state index contributed by atoms with van der Waals surface area (Å²) in [6.45, 7) is 5.99. The second-order valence-electron chi connectivity index (χ2n) is 5.55. The van der Waals surface area contributed by atoms with Gasteiger partial charge in [0.2, 0.25) is 5.95 Å². The van der Waals surface area contributed by atoms with Gasteiger partial charge in [0.15, 0.2) is 6.10 Å². The number of hydrogen-bond donors (Lipinski definition) is 2. The molecule has 2 unspecified atom stereocenters. The van der Waals surface area contributed by atoms with Gasteiger partial charge in [-0.2, -0.15) is 4.98 Å². The molecule has 3 rings (SSSR count). The minimum absolute atomic E-state index is 0.00436. The van der Waals surface area contributed by atoms with Crippen molar-refractivity contribution >= 4 is 11.9 Å². The average Bonchev–Trinajstić information content (AvgIpc) is 3.05. The van der Waals surface area contributed by atoms with E-state index in [1.807, 2.05) is 45.0 Å². The summed E-state index contributed by atoms with van der Waals surface area (Å²) in [5, 5.41) is 9.52. The molecule has 1 amide bonds. The van der Waals surface area contributed by atoms with E-state index in [0.29, 0.717) is 0 Å². The van der Waals surface area contributed by atoms with Gasteiger partial charge in [-0.3, -0.25) is 15.2 Å². The van der Waals surface area contributed by atoms with E-state index in [2.05, 4.69) is 20.5 Å². The Morgan fingerprint density at radius 3 is 2.81 bits per heavy atom. The summed E-state index contributed by atoms with van der Waals surface area (Å²) in [7, 11) is 0.